The first-order valence-corrected chi connectivity index (χ1v) is 9.93. The first-order valence-electron chi connectivity index (χ1n) is 8.36. The van der Waals surface area contributed by atoms with Crippen LogP contribution in [0.2, 0.25) is 0 Å². The molecule has 0 aromatic carbocycles. The minimum atomic E-state index is -3.60. The highest BCUT2D eigenvalue weighted by atomic mass is 32.2. The van der Waals surface area contributed by atoms with Crippen molar-refractivity contribution in [2.24, 2.45) is 17.8 Å². The Hall–Kier alpha value is -0.880. The average Bonchev–Trinajstić information content (AvgIpc) is 2.42. The van der Waals surface area contributed by atoms with Crippen molar-refractivity contribution in [2.45, 2.75) is 59.5 Å². The van der Waals surface area contributed by atoms with Crippen molar-refractivity contribution in [1.29, 1.82) is 0 Å². The van der Waals surface area contributed by atoms with Gasteiger partial charge in [-0.2, -0.15) is 8.42 Å². The van der Waals surface area contributed by atoms with E-state index in [4.69, 9.17) is 8.92 Å². The largest absolute Gasteiger partial charge is 0.462 e. The molecule has 134 valence electrons. The van der Waals surface area contributed by atoms with Gasteiger partial charge in [-0.25, -0.2) is 4.79 Å². The topological polar surface area (TPSA) is 69.7 Å². The van der Waals surface area contributed by atoms with Gasteiger partial charge in [0.2, 0.25) is 0 Å². The molecule has 0 spiro atoms. The highest BCUT2D eigenvalue weighted by Gasteiger charge is 2.34. The molecule has 1 saturated carbocycles. The molecule has 0 radical (unpaired) electrons. The van der Waals surface area contributed by atoms with Crippen molar-refractivity contribution in [3.63, 3.8) is 0 Å². The zero-order valence-electron chi connectivity index (χ0n) is 14.7. The summed E-state index contributed by atoms with van der Waals surface area (Å²) in [7, 11) is -3.60. The molecule has 1 fully saturated rings. The maximum absolute atomic E-state index is 12.2. The summed E-state index contributed by atoms with van der Waals surface area (Å²) in [5.41, 5.74) is 0.306. The molecule has 1 rings (SSSR count). The Balaban J connectivity index is 2.49. The van der Waals surface area contributed by atoms with Crippen LogP contribution in [0.15, 0.2) is 12.2 Å². The summed E-state index contributed by atoms with van der Waals surface area (Å²) in [4.78, 5) is 11.2. The van der Waals surface area contributed by atoms with E-state index in [1.165, 1.54) is 0 Å². The lowest BCUT2D eigenvalue weighted by Gasteiger charge is -2.36. The molecule has 0 amide bonds. The van der Waals surface area contributed by atoms with E-state index in [1.54, 1.807) is 6.92 Å². The summed E-state index contributed by atoms with van der Waals surface area (Å²) in [6.45, 7) is 11.4. The zero-order valence-corrected chi connectivity index (χ0v) is 15.5. The zero-order chi connectivity index (χ0) is 17.6. The van der Waals surface area contributed by atoms with Gasteiger partial charge in [0, 0.05) is 5.57 Å². The summed E-state index contributed by atoms with van der Waals surface area (Å²) in [6, 6.07) is 0. The fraction of sp³-hybridized carbons (Fsp3) is 0.824. The molecule has 5 nitrogen and oxygen atoms in total. The Bertz CT molecular complexity index is 509. The molecular weight excluding hydrogens is 316 g/mol. The van der Waals surface area contributed by atoms with Crippen molar-refractivity contribution in [3.8, 4) is 0 Å². The minimum Gasteiger partial charge on any atom is -0.462 e. The third-order valence-electron chi connectivity index (χ3n) is 4.35. The highest BCUT2D eigenvalue weighted by Crippen LogP contribution is 2.36. The van der Waals surface area contributed by atoms with Crippen LogP contribution in [0, 0.1) is 17.8 Å². The van der Waals surface area contributed by atoms with Crippen LogP contribution >= 0.6 is 0 Å². The van der Waals surface area contributed by atoms with Crippen molar-refractivity contribution < 1.29 is 22.1 Å². The van der Waals surface area contributed by atoms with Crippen LogP contribution in [0.5, 0.6) is 0 Å². The molecule has 3 atom stereocenters. The van der Waals surface area contributed by atoms with Gasteiger partial charge in [0.25, 0.3) is 10.1 Å². The highest BCUT2D eigenvalue weighted by molar-refractivity contribution is 7.86. The van der Waals surface area contributed by atoms with Crippen LogP contribution in [-0.2, 0) is 23.8 Å². The maximum atomic E-state index is 12.2. The molecule has 0 aliphatic heterocycles. The molecule has 1 aliphatic rings. The maximum Gasteiger partial charge on any atom is 0.333 e. The van der Waals surface area contributed by atoms with E-state index >= 15 is 0 Å². The fourth-order valence-electron chi connectivity index (χ4n) is 2.99. The number of rotatable bonds is 8. The van der Waals surface area contributed by atoms with E-state index in [1.807, 2.05) is 0 Å². The first kappa shape index (κ1) is 20.2. The van der Waals surface area contributed by atoms with Crippen molar-refractivity contribution in [2.75, 3.05) is 12.4 Å². The normalized spacial score (nSPS) is 25.3. The van der Waals surface area contributed by atoms with Gasteiger partial charge in [0.05, 0.1) is 18.5 Å². The third-order valence-corrected chi connectivity index (χ3v) is 5.68. The summed E-state index contributed by atoms with van der Waals surface area (Å²) >= 11 is 0. The second-order valence-corrected chi connectivity index (χ2v) is 8.71. The Morgan fingerprint density at radius 2 is 1.96 bits per heavy atom. The molecule has 1 aliphatic carbocycles. The monoisotopic (exact) mass is 346 g/mol. The smallest absolute Gasteiger partial charge is 0.333 e. The van der Waals surface area contributed by atoms with E-state index in [9.17, 15) is 13.2 Å². The Labute approximate surface area is 140 Å². The van der Waals surface area contributed by atoms with Crippen molar-refractivity contribution in [3.05, 3.63) is 12.2 Å². The second-order valence-electron chi connectivity index (χ2n) is 6.99. The number of hydrogen-bond donors (Lipinski definition) is 0. The predicted molar refractivity (Wildman–Crippen MR) is 90.4 cm³/mol. The molecule has 23 heavy (non-hydrogen) atoms. The van der Waals surface area contributed by atoms with E-state index in [2.05, 4.69) is 27.4 Å². The Morgan fingerprint density at radius 1 is 1.30 bits per heavy atom. The molecule has 0 aromatic heterocycles. The van der Waals surface area contributed by atoms with Gasteiger partial charge in [0.1, 0.15) is 0 Å². The van der Waals surface area contributed by atoms with Crippen LogP contribution in [0.1, 0.15) is 53.4 Å². The Morgan fingerprint density at radius 3 is 2.52 bits per heavy atom. The quantitative estimate of drug-likeness (QED) is 0.292. The standard InChI is InChI=1S/C17H30O5S/c1-12(2)15-8-7-14(5)11-16(15)22-23(19,20)10-6-9-21-17(18)13(3)4/h12,14-16H,3,6-11H2,1-2,4-5H3. The molecule has 0 saturated heterocycles. The predicted octanol–water partition coefficient (Wildman–Crippen LogP) is 3.30. The lowest BCUT2D eigenvalue weighted by Crippen LogP contribution is -2.36. The van der Waals surface area contributed by atoms with Gasteiger partial charge < -0.3 is 4.74 Å². The lowest BCUT2D eigenvalue weighted by molar-refractivity contribution is -0.138. The summed E-state index contributed by atoms with van der Waals surface area (Å²) in [5, 5.41) is 0. The van der Waals surface area contributed by atoms with Crippen LogP contribution in [-0.4, -0.2) is 32.9 Å². The first-order chi connectivity index (χ1) is 10.6. The number of esters is 1. The van der Waals surface area contributed by atoms with Crippen molar-refractivity contribution in [1.82, 2.24) is 0 Å². The van der Waals surface area contributed by atoms with E-state index < -0.39 is 16.1 Å². The van der Waals surface area contributed by atoms with Crippen molar-refractivity contribution >= 4 is 16.1 Å². The molecule has 6 heteroatoms. The molecule has 0 bridgehead atoms. The van der Waals surface area contributed by atoms with E-state index in [-0.39, 0.29) is 30.8 Å². The van der Waals surface area contributed by atoms with E-state index in [0.717, 1.165) is 19.3 Å². The number of carbonyl (C=O) groups is 1. The SMILES string of the molecule is C=C(C)C(=O)OCCCS(=O)(=O)OC1CC(C)CCC1C(C)C. The third kappa shape index (κ3) is 7.04. The molecule has 0 heterocycles. The van der Waals surface area contributed by atoms with E-state index in [0.29, 0.717) is 17.4 Å². The van der Waals surface area contributed by atoms with Gasteiger partial charge in [-0.05, 0) is 43.9 Å². The number of hydrogen-bond acceptors (Lipinski definition) is 5. The molecule has 0 N–H and O–H groups in total. The Kier molecular flexibility index (Phi) is 7.74. The van der Waals surface area contributed by atoms with Crippen LogP contribution in [0.25, 0.3) is 0 Å². The summed E-state index contributed by atoms with van der Waals surface area (Å²) < 4.78 is 34.7. The number of ether oxygens (including phenoxy) is 1. The van der Waals surface area contributed by atoms with Crippen LogP contribution in [0.3, 0.4) is 0 Å². The minimum absolute atomic E-state index is 0.0585. The second kappa shape index (κ2) is 8.83. The number of carbonyl (C=O) groups excluding carboxylic acids is 1. The molecule has 3 unspecified atom stereocenters. The van der Waals surface area contributed by atoms with Gasteiger partial charge in [-0.15, -0.1) is 0 Å². The average molecular weight is 346 g/mol. The lowest BCUT2D eigenvalue weighted by atomic mass is 9.75. The van der Waals surface area contributed by atoms with Gasteiger partial charge >= 0.3 is 5.97 Å². The molecular formula is C17H30O5S. The summed E-state index contributed by atoms with van der Waals surface area (Å²) in [5.74, 6) is 0.541. The van der Waals surface area contributed by atoms with Gasteiger partial charge in [-0.1, -0.05) is 33.8 Å². The van der Waals surface area contributed by atoms with Gasteiger partial charge in [0.15, 0.2) is 0 Å². The van der Waals surface area contributed by atoms with Crippen LogP contribution in [0.4, 0.5) is 0 Å². The molecule has 0 aromatic rings. The van der Waals surface area contributed by atoms with Gasteiger partial charge in [-0.3, -0.25) is 4.18 Å². The fourth-order valence-corrected chi connectivity index (χ4v) is 4.15. The summed E-state index contributed by atoms with van der Waals surface area (Å²) in [6.07, 6.45) is 2.92. The van der Waals surface area contributed by atoms with Crippen LogP contribution < -0.4 is 0 Å².